The molecular formula is C27H38N2OS6. The van der Waals surface area contributed by atoms with E-state index in [1.54, 1.807) is 0 Å². The monoisotopic (exact) mass is 598 g/mol. The zero-order chi connectivity index (χ0) is 26.3. The Bertz CT molecular complexity index is 1150. The van der Waals surface area contributed by atoms with Crippen molar-refractivity contribution >= 4 is 73.2 Å². The third kappa shape index (κ3) is 6.13. The molecule has 4 heterocycles. The fourth-order valence-corrected chi connectivity index (χ4v) is 10.3. The van der Waals surface area contributed by atoms with Gasteiger partial charge in [-0.3, -0.25) is 0 Å². The fourth-order valence-electron chi connectivity index (χ4n) is 5.56. The van der Waals surface area contributed by atoms with E-state index in [1.165, 1.54) is 20.9 Å². The number of fused-ring (bicyclic) bond motifs is 2. The topological polar surface area (TPSA) is 30.1 Å². The second-order valence-electron chi connectivity index (χ2n) is 11.2. The van der Waals surface area contributed by atoms with Gasteiger partial charge in [0, 0.05) is 32.4 Å². The minimum Gasteiger partial charge on any atom is -0.393 e. The average Bonchev–Trinajstić information content (AvgIpc) is 3.42. The second kappa shape index (κ2) is 11.7. The van der Waals surface area contributed by atoms with E-state index in [-0.39, 0.29) is 17.2 Å². The predicted octanol–water partition coefficient (Wildman–Crippen LogP) is 8.49. The zero-order valence-electron chi connectivity index (χ0n) is 21.7. The van der Waals surface area contributed by atoms with Crippen LogP contribution in [0.2, 0.25) is 0 Å². The van der Waals surface area contributed by atoms with Crippen molar-refractivity contribution in [2.24, 2.45) is 0 Å². The highest BCUT2D eigenvalue weighted by atomic mass is 32.2. The maximum Gasteiger partial charge on any atom is 0.108 e. The first-order chi connectivity index (χ1) is 16.9. The molecule has 1 N–H and O–H groups in total. The molecule has 0 saturated carbocycles. The lowest BCUT2D eigenvalue weighted by molar-refractivity contribution is 0.135. The van der Waals surface area contributed by atoms with Crippen LogP contribution in [-0.2, 0) is 23.9 Å². The average molecular weight is 599 g/mol. The molecule has 2 aliphatic heterocycles. The first-order valence-electron chi connectivity index (χ1n) is 12.8. The number of aliphatic hydroxyl groups is 1. The summed E-state index contributed by atoms with van der Waals surface area (Å²) < 4.78 is 6.15. The highest BCUT2D eigenvalue weighted by molar-refractivity contribution is 8.00. The van der Waals surface area contributed by atoms with E-state index < -0.39 is 0 Å². The van der Waals surface area contributed by atoms with E-state index in [0.29, 0.717) is 0 Å². The Balaban J connectivity index is 1.30. The summed E-state index contributed by atoms with van der Waals surface area (Å²) in [6.45, 7) is 8.94. The van der Waals surface area contributed by atoms with Gasteiger partial charge in [-0.1, -0.05) is 24.4 Å². The van der Waals surface area contributed by atoms with Crippen LogP contribution in [0, 0.1) is 9.28 Å². The van der Waals surface area contributed by atoms with Crippen LogP contribution >= 0.6 is 73.2 Å². The van der Waals surface area contributed by atoms with Gasteiger partial charge in [0.05, 0.1) is 16.2 Å². The van der Waals surface area contributed by atoms with Gasteiger partial charge in [0.25, 0.3) is 0 Å². The quantitative estimate of drug-likeness (QED) is 0.189. The first-order valence-corrected chi connectivity index (χ1v) is 16.5. The Kier molecular flexibility index (Phi) is 9.44. The molecule has 0 aromatic carbocycles. The molecule has 0 bridgehead atoms. The van der Waals surface area contributed by atoms with E-state index in [4.69, 9.17) is 49.7 Å². The largest absolute Gasteiger partial charge is 0.393 e. The lowest BCUT2D eigenvalue weighted by Gasteiger charge is -2.32. The number of nitrogens with zero attached hydrogens (tertiary/aromatic N) is 2. The number of hydrogen-bond donors (Lipinski definition) is 3. The van der Waals surface area contributed by atoms with Crippen LogP contribution in [0.25, 0.3) is 0 Å². The van der Waals surface area contributed by atoms with E-state index in [9.17, 15) is 5.11 Å². The van der Waals surface area contributed by atoms with Crippen LogP contribution < -0.4 is 0 Å². The van der Waals surface area contributed by atoms with Crippen molar-refractivity contribution in [3.05, 3.63) is 32.5 Å². The summed E-state index contributed by atoms with van der Waals surface area (Å²) in [5.41, 5.74) is 2.39. The number of thiol groups is 2. The van der Waals surface area contributed by atoms with Crippen molar-refractivity contribution in [1.82, 2.24) is 9.13 Å². The minimum absolute atomic E-state index is 0.135. The minimum atomic E-state index is -0.295. The van der Waals surface area contributed by atoms with Crippen LogP contribution in [0.15, 0.2) is 32.0 Å². The van der Waals surface area contributed by atoms with Crippen LogP contribution in [0.1, 0.15) is 77.3 Å². The Hall–Kier alpha value is 0.1000. The lowest BCUT2D eigenvalue weighted by atomic mass is 9.92. The van der Waals surface area contributed by atoms with Crippen molar-refractivity contribution in [2.75, 3.05) is 11.5 Å². The highest BCUT2D eigenvalue weighted by Gasteiger charge is 2.28. The van der Waals surface area contributed by atoms with E-state index in [2.05, 4.69) is 49.0 Å². The summed E-state index contributed by atoms with van der Waals surface area (Å²) in [6.07, 6.45) is 7.23. The molecule has 2 aromatic rings. The van der Waals surface area contributed by atoms with Gasteiger partial charge in [-0.25, -0.2) is 0 Å². The second-order valence-corrected chi connectivity index (χ2v) is 15.2. The van der Waals surface area contributed by atoms with Crippen LogP contribution in [0.3, 0.4) is 0 Å². The molecule has 3 nitrogen and oxygen atoms in total. The number of hydrogen-bond acceptors (Lipinski definition) is 7. The van der Waals surface area contributed by atoms with Gasteiger partial charge in [0.2, 0.25) is 0 Å². The molecule has 0 saturated heterocycles. The van der Waals surface area contributed by atoms with Gasteiger partial charge < -0.3 is 14.2 Å². The zero-order valence-corrected chi connectivity index (χ0v) is 26.7. The smallest absolute Gasteiger partial charge is 0.108 e. The van der Waals surface area contributed by atoms with Crippen LogP contribution in [0.4, 0.5) is 0 Å². The molecule has 9 heteroatoms. The summed E-state index contributed by atoms with van der Waals surface area (Å²) in [7, 11) is 0. The summed E-state index contributed by atoms with van der Waals surface area (Å²) >= 11 is 25.0. The molecule has 0 radical (unpaired) electrons. The molecule has 198 valence electrons. The molecule has 2 aromatic heterocycles. The molecule has 0 spiro atoms. The first kappa shape index (κ1) is 29.1. The van der Waals surface area contributed by atoms with E-state index >= 15 is 0 Å². The fraction of sp³-hybridized carbons (Fsp3) is 0.630. The third-order valence-corrected chi connectivity index (χ3v) is 11.3. The molecule has 0 atom stereocenters. The van der Waals surface area contributed by atoms with Crippen molar-refractivity contribution < 1.29 is 5.11 Å². The molecule has 2 aliphatic rings. The Morgan fingerprint density at radius 1 is 0.833 bits per heavy atom. The van der Waals surface area contributed by atoms with Gasteiger partial charge in [-0.05, 0) is 102 Å². The lowest BCUT2D eigenvalue weighted by Crippen LogP contribution is -2.29. The van der Waals surface area contributed by atoms with Crippen molar-refractivity contribution in [3.63, 3.8) is 0 Å². The number of aromatic nitrogens is 2. The Morgan fingerprint density at radius 3 is 1.61 bits per heavy atom. The van der Waals surface area contributed by atoms with Crippen molar-refractivity contribution in [1.29, 1.82) is 0 Å². The van der Waals surface area contributed by atoms with Gasteiger partial charge in [0.1, 0.15) is 9.28 Å². The maximum atomic E-state index is 10.8. The van der Waals surface area contributed by atoms with Crippen molar-refractivity contribution in [3.8, 4) is 0 Å². The normalized spacial score (nSPS) is 15.6. The maximum absolute atomic E-state index is 10.8. The number of aliphatic hydroxyl groups excluding tert-OH is 1. The Labute approximate surface area is 246 Å². The van der Waals surface area contributed by atoms with E-state index in [1.807, 2.05) is 23.5 Å². The molecule has 0 amide bonds. The highest BCUT2D eigenvalue weighted by Crippen LogP contribution is 2.40. The van der Waals surface area contributed by atoms with Crippen LogP contribution in [0.5, 0.6) is 0 Å². The molecule has 0 unspecified atom stereocenters. The molecule has 4 rings (SSSR count). The summed E-state index contributed by atoms with van der Waals surface area (Å²) in [5, 5.41) is 12.8. The van der Waals surface area contributed by atoms with Crippen LogP contribution in [-0.4, -0.2) is 31.9 Å². The molecule has 0 fully saturated rings. The van der Waals surface area contributed by atoms with Gasteiger partial charge in [-0.15, -0.1) is 48.8 Å². The molecule has 0 aliphatic carbocycles. The SMILES string of the molecule is CC(C)(CCCC(O)CCCC(C)(C)n1c(S)c2c(cc1=S)SCC2)n1c(S)c2c(cc1=S)SCC2. The number of rotatable bonds is 10. The summed E-state index contributed by atoms with van der Waals surface area (Å²) in [4.78, 5) is 2.58. The number of pyridine rings is 2. The van der Waals surface area contributed by atoms with E-state index in [0.717, 1.165) is 82.2 Å². The molecular weight excluding hydrogens is 561 g/mol. The van der Waals surface area contributed by atoms with Gasteiger partial charge in [0.15, 0.2) is 0 Å². The summed E-state index contributed by atoms with van der Waals surface area (Å²) in [6, 6.07) is 4.28. The van der Waals surface area contributed by atoms with Gasteiger partial charge in [-0.2, -0.15) is 0 Å². The number of thioether (sulfide) groups is 2. The Morgan fingerprint density at radius 2 is 1.22 bits per heavy atom. The van der Waals surface area contributed by atoms with Gasteiger partial charge >= 0.3 is 0 Å². The third-order valence-electron chi connectivity index (χ3n) is 7.59. The summed E-state index contributed by atoms with van der Waals surface area (Å²) in [5.74, 6) is 2.22. The molecule has 36 heavy (non-hydrogen) atoms. The van der Waals surface area contributed by atoms with Crippen molar-refractivity contribution in [2.45, 2.75) is 116 Å². The predicted molar refractivity (Wildman–Crippen MR) is 166 cm³/mol. The standard InChI is InChI=1S/C27H38N2OS6/c1-26(2,28-22(31)15-20-18(24(28)33)9-13-35-20)11-5-7-17(30)8-6-12-27(3,4)29-23(32)16-21-19(25(29)34)10-14-36-21/h15-17,30,33-34H,5-14H2,1-4H3.